The molecule has 1 saturated heterocycles. The zero-order valence-corrected chi connectivity index (χ0v) is 12.8. The number of carboxylic acid groups (broad SMARTS) is 1. The number of benzene rings is 1. The van der Waals surface area contributed by atoms with Gasteiger partial charge in [-0.15, -0.1) is 0 Å². The highest BCUT2D eigenvalue weighted by Crippen LogP contribution is 2.33. The molecule has 0 spiro atoms. The maximum Gasteiger partial charge on any atom is 0.335 e. The molecule has 0 radical (unpaired) electrons. The molecular weight excluding hydrogens is 294 g/mol. The minimum absolute atomic E-state index is 0.0283. The summed E-state index contributed by atoms with van der Waals surface area (Å²) in [5.41, 5.74) is 0.489. The zero-order valence-electron chi connectivity index (χ0n) is 12.1. The van der Waals surface area contributed by atoms with Crippen molar-refractivity contribution in [1.82, 2.24) is 0 Å². The van der Waals surface area contributed by atoms with Crippen LogP contribution in [0.15, 0.2) is 18.2 Å². The molecule has 1 fully saturated rings. The average molecular weight is 312 g/mol. The lowest BCUT2D eigenvalue weighted by molar-refractivity contribution is -0.121. The molecule has 1 aromatic carbocycles. The van der Waals surface area contributed by atoms with Crippen molar-refractivity contribution in [2.75, 3.05) is 5.32 Å². The van der Waals surface area contributed by atoms with Crippen molar-refractivity contribution in [2.24, 2.45) is 11.8 Å². The standard InChI is InChI=1S/C15H18ClNO4/c1-7-8(2)21-9(3)13(7)14(18)17-12-5-4-10(15(19)20)6-11(12)16/h4-9,13H,1-3H3,(H,17,18)(H,19,20). The summed E-state index contributed by atoms with van der Waals surface area (Å²) < 4.78 is 5.65. The van der Waals surface area contributed by atoms with E-state index in [9.17, 15) is 9.59 Å². The van der Waals surface area contributed by atoms with Crippen molar-refractivity contribution in [2.45, 2.75) is 33.0 Å². The molecule has 5 nitrogen and oxygen atoms in total. The Morgan fingerprint density at radius 2 is 1.90 bits per heavy atom. The van der Waals surface area contributed by atoms with Crippen LogP contribution in [-0.4, -0.2) is 29.2 Å². The van der Waals surface area contributed by atoms with Gasteiger partial charge in [-0.05, 0) is 38.0 Å². The van der Waals surface area contributed by atoms with E-state index >= 15 is 0 Å². The molecule has 114 valence electrons. The van der Waals surface area contributed by atoms with Gasteiger partial charge in [0.2, 0.25) is 5.91 Å². The Labute approximate surface area is 128 Å². The van der Waals surface area contributed by atoms with Crippen LogP contribution in [0.25, 0.3) is 0 Å². The summed E-state index contributed by atoms with van der Waals surface area (Å²) in [5.74, 6) is -1.37. The summed E-state index contributed by atoms with van der Waals surface area (Å²) in [6.07, 6.45) is -0.132. The van der Waals surface area contributed by atoms with Gasteiger partial charge < -0.3 is 15.2 Å². The Bertz CT molecular complexity index is 575. The number of carbonyl (C=O) groups excluding carboxylic acids is 1. The van der Waals surface area contributed by atoms with Crippen molar-refractivity contribution in [1.29, 1.82) is 0 Å². The van der Waals surface area contributed by atoms with Gasteiger partial charge in [-0.3, -0.25) is 4.79 Å². The van der Waals surface area contributed by atoms with E-state index in [-0.39, 0.29) is 40.5 Å². The molecule has 0 bridgehead atoms. The van der Waals surface area contributed by atoms with Gasteiger partial charge in [0, 0.05) is 0 Å². The smallest absolute Gasteiger partial charge is 0.335 e. The second-order valence-electron chi connectivity index (χ2n) is 5.42. The second-order valence-corrected chi connectivity index (χ2v) is 5.83. The van der Waals surface area contributed by atoms with Crippen LogP contribution in [-0.2, 0) is 9.53 Å². The number of rotatable bonds is 3. The van der Waals surface area contributed by atoms with Crippen LogP contribution in [0, 0.1) is 11.8 Å². The van der Waals surface area contributed by atoms with E-state index in [1.807, 2.05) is 20.8 Å². The van der Waals surface area contributed by atoms with E-state index in [2.05, 4.69) is 5.32 Å². The monoisotopic (exact) mass is 311 g/mol. The van der Waals surface area contributed by atoms with E-state index in [4.69, 9.17) is 21.4 Å². The summed E-state index contributed by atoms with van der Waals surface area (Å²) in [4.78, 5) is 23.2. The van der Waals surface area contributed by atoms with Gasteiger partial charge in [0.25, 0.3) is 0 Å². The van der Waals surface area contributed by atoms with Crippen molar-refractivity contribution >= 4 is 29.2 Å². The first-order valence-corrected chi connectivity index (χ1v) is 7.18. The third-order valence-electron chi connectivity index (χ3n) is 4.02. The van der Waals surface area contributed by atoms with Gasteiger partial charge >= 0.3 is 5.97 Å². The van der Waals surface area contributed by atoms with Gasteiger partial charge in [-0.25, -0.2) is 4.79 Å². The molecule has 4 atom stereocenters. The van der Waals surface area contributed by atoms with E-state index < -0.39 is 5.97 Å². The summed E-state index contributed by atoms with van der Waals surface area (Å²) in [6.45, 7) is 5.80. The lowest BCUT2D eigenvalue weighted by Gasteiger charge is -2.18. The number of halogens is 1. The number of anilines is 1. The largest absolute Gasteiger partial charge is 0.478 e. The molecule has 0 aromatic heterocycles. The van der Waals surface area contributed by atoms with E-state index in [1.165, 1.54) is 18.2 Å². The number of hydrogen-bond acceptors (Lipinski definition) is 3. The Kier molecular flexibility index (Phi) is 4.54. The van der Waals surface area contributed by atoms with Gasteiger partial charge in [0.15, 0.2) is 0 Å². The summed E-state index contributed by atoms with van der Waals surface area (Å²) in [7, 11) is 0. The minimum atomic E-state index is -1.06. The fraction of sp³-hybridized carbons (Fsp3) is 0.467. The average Bonchev–Trinajstić information content (AvgIpc) is 2.65. The number of amides is 1. The SMILES string of the molecule is CC1OC(C)C(C(=O)Nc2ccc(C(=O)O)cc2Cl)C1C. The topological polar surface area (TPSA) is 75.6 Å². The Balaban J connectivity index is 2.15. The highest BCUT2D eigenvalue weighted by Gasteiger charge is 2.41. The second kappa shape index (κ2) is 6.03. The lowest BCUT2D eigenvalue weighted by atomic mass is 9.89. The molecule has 4 unspecified atom stereocenters. The van der Waals surface area contributed by atoms with Crippen LogP contribution in [0.3, 0.4) is 0 Å². The summed E-state index contributed by atoms with van der Waals surface area (Å²) >= 11 is 6.02. The van der Waals surface area contributed by atoms with Crippen LogP contribution >= 0.6 is 11.6 Å². The van der Waals surface area contributed by atoms with Crippen LogP contribution in [0.1, 0.15) is 31.1 Å². The molecule has 1 amide bonds. The summed E-state index contributed by atoms with van der Waals surface area (Å²) in [6, 6.07) is 4.23. The Morgan fingerprint density at radius 1 is 1.24 bits per heavy atom. The highest BCUT2D eigenvalue weighted by atomic mass is 35.5. The van der Waals surface area contributed by atoms with Crippen molar-refractivity contribution in [3.8, 4) is 0 Å². The van der Waals surface area contributed by atoms with Crippen LogP contribution in [0.5, 0.6) is 0 Å². The normalized spacial score (nSPS) is 28.4. The first-order chi connectivity index (χ1) is 9.81. The number of nitrogens with one attached hydrogen (secondary N) is 1. The third-order valence-corrected chi connectivity index (χ3v) is 4.33. The molecule has 6 heteroatoms. The molecule has 2 N–H and O–H groups in total. The molecule has 0 aliphatic carbocycles. The number of hydrogen-bond donors (Lipinski definition) is 2. The number of ether oxygens (including phenoxy) is 1. The molecule has 1 aliphatic heterocycles. The summed E-state index contributed by atoms with van der Waals surface area (Å²) in [5, 5.41) is 11.9. The predicted octanol–water partition coefficient (Wildman–Crippen LogP) is 3.04. The van der Waals surface area contributed by atoms with Crippen LogP contribution in [0.2, 0.25) is 5.02 Å². The Hall–Kier alpha value is -1.59. The van der Waals surface area contributed by atoms with Crippen LogP contribution in [0.4, 0.5) is 5.69 Å². The van der Waals surface area contributed by atoms with E-state index in [1.54, 1.807) is 0 Å². The first-order valence-electron chi connectivity index (χ1n) is 6.80. The molecule has 1 heterocycles. The van der Waals surface area contributed by atoms with Crippen LogP contribution < -0.4 is 5.32 Å². The lowest BCUT2D eigenvalue weighted by Crippen LogP contribution is -2.32. The molecule has 0 saturated carbocycles. The molecular formula is C15H18ClNO4. The number of carboxylic acids is 1. The Morgan fingerprint density at radius 3 is 2.38 bits per heavy atom. The van der Waals surface area contributed by atoms with E-state index in [0.29, 0.717) is 5.69 Å². The fourth-order valence-corrected chi connectivity index (χ4v) is 2.91. The highest BCUT2D eigenvalue weighted by molar-refractivity contribution is 6.34. The molecule has 1 aliphatic rings. The first kappa shape index (κ1) is 15.8. The number of carbonyl (C=O) groups is 2. The van der Waals surface area contributed by atoms with Gasteiger partial charge in [0.1, 0.15) is 0 Å². The third kappa shape index (κ3) is 3.19. The predicted molar refractivity (Wildman–Crippen MR) is 79.7 cm³/mol. The molecule has 21 heavy (non-hydrogen) atoms. The minimum Gasteiger partial charge on any atom is -0.478 e. The van der Waals surface area contributed by atoms with Gasteiger partial charge in [-0.2, -0.15) is 0 Å². The van der Waals surface area contributed by atoms with Gasteiger partial charge in [0.05, 0.1) is 34.4 Å². The van der Waals surface area contributed by atoms with Gasteiger partial charge in [-0.1, -0.05) is 18.5 Å². The quantitative estimate of drug-likeness (QED) is 0.899. The molecule has 1 aromatic rings. The fourth-order valence-electron chi connectivity index (χ4n) is 2.68. The van der Waals surface area contributed by atoms with E-state index in [0.717, 1.165) is 0 Å². The maximum atomic E-state index is 12.4. The maximum absolute atomic E-state index is 12.4. The van der Waals surface area contributed by atoms with Crippen molar-refractivity contribution in [3.05, 3.63) is 28.8 Å². The molecule has 2 rings (SSSR count). The zero-order chi connectivity index (χ0) is 15.7. The van der Waals surface area contributed by atoms with Crippen molar-refractivity contribution < 1.29 is 19.4 Å². The van der Waals surface area contributed by atoms with Crippen molar-refractivity contribution in [3.63, 3.8) is 0 Å². The number of aromatic carboxylic acids is 1.